The van der Waals surface area contributed by atoms with Crippen molar-refractivity contribution in [2.24, 2.45) is 5.73 Å². The van der Waals surface area contributed by atoms with Gasteiger partial charge in [0.2, 0.25) is 0 Å². The molecule has 3 N–H and O–H groups in total. The van der Waals surface area contributed by atoms with Gasteiger partial charge in [-0.3, -0.25) is 4.90 Å². The smallest absolute Gasteiger partial charge is 0.0524 e. The Bertz CT molecular complexity index is 159. The Labute approximate surface area is 101 Å². The summed E-state index contributed by atoms with van der Waals surface area (Å²) in [6, 6.07) is 0. The third-order valence-electron chi connectivity index (χ3n) is 3.68. The van der Waals surface area contributed by atoms with E-state index in [1.54, 1.807) is 0 Å². The topological polar surface area (TPSA) is 49.5 Å². The molecule has 3 nitrogen and oxygen atoms in total. The first kappa shape index (κ1) is 15.9. The first-order valence-corrected chi connectivity index (χ1v) is 6.69. The molecule has 0 fully saturated rings. The van der Waals surface area contributed by atoms with Gasteiger partial charge in [-0.05, 0) is 39.2 Å². The van der Waals surface area contributed by atoms with Crippen molar-refractivity contribution in [3.63, 3.8) is 0 Å². The van der Waals surface area contributed by atoms with Gasteiger partial charge >= 0.3 is 0 Å². The van der Waals surface area contributed by atoms with Crippen LogP contribution in [0.4, 0.5) is 0 Å². The summed E-state index contributed by atoms with van der Waals surface area (Å²) in [5.74, 6) is 0. The number of rotatable bonds is 9. The molecule has 0 aliphatic heterocycles. The summed E-state index contributed by atoms with van der Waals surface area (Å²) in [4.78, 5) is 2.47. The van der Waals surface area contributed by atoms with Gasteiger partial charge in [0.1, 0.15) is 0 Å². The van der Waals surface area contributed by atoms with Crippen molar-refractivity contribution in [3.05, 3.63) is 0 Å². The van der Waals surface area contributed by atoms with E-state index in [0.717, 1.165) is 38.8 Å². The lowest BCUT2D eigenvalue weighted by molar-refractivity contribution is 0.0652. The molecule has 3 heteroatoms. The second kappa shape index (κ2) is 8.04. The van der Waals surface area contributed by atoms with E-state index >= 15 is 0 Å². The molecule has 0 saturated heterocycles. The van der Waals surface area contributed by atoms with Crippen molar-refractivity contribution < 1.29 is 5.11 Å². The van der Waals surface area contributed by atoms with E-state index in [1.165, 1.54) is 0 Å². The molecular weight excluding hydrogens is 200 g/mol. The summed E-state index contributed by atoms with van der Waals surface area (Å²) in [5.41, 5.74) is 6.09. The van der Waals surface area contributed by atoms with E-state index in [-0.39, 0.29) is 11.6 Å². The molecule has 0 aromatic rings. The first-order valence-electron chi connectivity index (χ1n) is 6.69. The first-order chi connectivity index (χ1) is 7.56. The van der Waals surface area contributed by atoms with Crippen LogP contribution in [0, 0.1) is 0 Å². The molecule has 0 radical (unpaired) electrons. The molecule has 16 heavy (non-hydrogen) atoms. The predicted octanol–water partition coefficient (Wildman–Crippen LogP) is 1.99. The third-order valence-corrected chi connectivity index (χ3v) is 3.68. The van der Waals surface area contributed by atoms with Crippen LogP contribution in [0.15, 0.2) is 0 Å². The van der Waals surface area contributed by atoms with Crippen LogP contribution in [0.25, 0.3) is 0 Å². The lowest BCUT2D eigenvalue weighted by Crippen LogP contribution is -2.54. The number of aliphatic hydroxyl groups excluding tert-OH is 1. The summed E-state index contributed by atoms with van der Waals surface area (Å²) in [6.45, 7) is 11.2. The van der Waals surface area contributed by atoms with E-state index in [0.29, 0.717) is 6.54 Å². The molecule has 0 bridgehead atoms. The van der Waals surface area contributed by atoms with E-state index in [9.17, 15) is 5.11 Å². The number of nitrogens with zero attached hydrogens (tertiary/aromatic N) is 1. The van der Waals surface area contributed by atoms with Crippen LogP contribution >= 0.6 is 0 Å². The fraction of sp³-hybridized carbons (Fsp3) is 1.00. The Morgan fingerprint density at radius 3 is 2.06 bits per heavy atom. The lowest BCUT2D eigenvalue weighted by Gasteiger charge is -2.43. The maximum Gasteiger partial charge on any atom is 0.0524 e. The number of aliphatic hydroxyl groups is 1. The minimum atomic E-state index is -0.219. The van der Waals surface area contributed by atoms with Gasteiger partial charge in [0.25, 0.3) is 0 Å². The Morgan fingerprint density at radius 2 is 1.75 bits per heavy atom. The average Bonchev–Trinajstić information content (AvgIpc) is 2.28. The predicted molar refractivity (Wildman–Crippen MR) is 70.5 cm³/mol. The molecule has 1 unspecified atom stereocenters. The summed E-state index contributed by atoms with van der Waals surface area (Å²) in [5, 5.41) is 9.40. The zero-order chi connectivity index (χ0) is 12.6. The molecule has 0 saturated carbocycles. The van der Waals surface area contributed by atoms with Crippen molar-refractivity contribution in [1.82, 2.24) is 4.90 Å². The van der Waals surface area contributed by atoms with Crippen molar-refractivity contribution in [3.8, 4) is 0 Å². The summed E-state index contributed by atoms with van der Waals surface area (Å²) >= 11 is 0. The monoisotopic (exact) mass is 230 g/mol. The molecule has 0 aliphatic rings. The highest BCUT2D eigenvalue weighted by Crippen LogP contribution is 2.23. The van der Waals surface area contributed by atoms with Crippen LogP contribution in [0.5, 0.6) is 0 Å². The van der Waals surface area contributed by atoms with Crippen LogP contribution in [0.2, 0.25) is 0 Å². The average molecular weight is 230 g/mol. The van der Waals surface area contributed by atoms with Crippen molar-refractivity contribution >= 4 is 0 Å². The van der Waals surface area contributed by atoms with Gasteiger partial charge in [0.05, 0.1) is 6.10 Å². The molecule has 0 heterocycles. The fourth-order valence-electron chi connectivity index (χ4n) is 2.31. The quantitative estimate of drug-likeness (QED) is 0.637. The zero-order valence-electron chi connectivity index (χ0n) is 11.5. The molecule has 0 spiro atoms. The molecule has 0 aliphatic carbocycles. The van der Waals surface area contributed by atoms with Gasteiger partial charge in [-0.1, -0.05) is 20.8 Å². The minimum Gasteiger partial charge on any atom is -0.393 e. The van der Waals surface area contributed by atoms with Crippen molar-refractivity contribution in [2.45, 2.75) is 65.0 Å². The minimum absolute atomic E-state index is 0.130. The number of hydrogen-bond donors (Lipinski definition) is 2. The molecule has 0 rings (SSSR count). The van der Waals surface area contributed by atoms with Crippen LogP contribution in [0.3, 0.4) is 0 Å². The van der Waals surface area contributed by atoms with Crippen LogP contribution in [-0.2, 0) is 0 Å². The second-order valence-corrected chi connectivity index (χ2v) is 4.76. The van der Waals surface area contributed by atoms with Gasteiger partial charge in [0, 0.05) is 18.6 Å². The Balaban J connectivity index is 4.56. The van der Waals surface area contributed by atoms with Gasteiger partial charge in [0.15, 0.2) is 0 Å². The highest BCUT2D eigenvalue weighted by Gasteiger charge is 2.31. The lowest BCUT2D eigenvalue weighted by atomic mass is 9.90. The molecule has 0 amide bonds. The van der Waals surface area contributed by atoms with Crippen molar-refractivity contribution in [2.75, 3.05) is 19.6 Å². The highest BCUT2D eigenvalue weighted by atomic mass is 16.3. The van der Waals surface area contributed by atoms with Crippen LogP contribution in [-0.4, -0.2) is 41.3 Å². The van der Waals surface area contributed by atoms with Gasteiger partial charge in [-0.2, -0.15) is 0 Å². The van der Waals surface area contributed by atoms with E-state index in [1.807, 2.05) is 6.92 Å². The van der Waals surface area contributed by atoms with Crippen LogP contribution in [0.1, 0.15) is 53.4 Å². The van der Waals surface area contributed by atoms with E-state index < -0.39 is 0 Å². The summed E-state index contributed by atoms with van der Waals surface area (Å²) in [6.07, 6.45) is 3.92. The SMILES string of the molecule is CCCN(CCC(C)O)C(CC)(CC)CN. The van der Waals surface area contributed by atoms with Gasteiger partial charge in [-0.15, -0.1) is 0 Å². The van der Waals surface area contributed by atoms with E-state index in [2.05, 4.69) is 25.7 Å². The molecule has 1 atom stereocenters. The van der Waals surface area contributed by atoms with Gasteiger partial charge < -0.3 is 10.8 Å². The summed E-state index contributed by atoms with van der Waals surface area (Å²) in [7, 11) is 0. The molecular formula is C13H30N2O. The maximum absolute atomic E-state index is 9.40. The van der Waals surface area contributed by atoms with E-state index in [4.69, 9.17) is 5.73 Å². The maximum atomic E-state index is 9.40. The third kappa shape index (κ3) is 4.40. The number of nitrogens with two attached hydrogens (primary N) is 1. The molecule has 98 valence electrons. The summed E-state index contributed by atoms with van der Waals surface area (Å²) < 4.78 is 0. The molecule has 0 aromatic carbocycles. The largest absolute Gasteiger partial charge is 0.393 e. The second-order valence-electron chi connectivity index (χ2n) is 4.76. The zero-order valence-corrected chi connectivity index (χ0v) is 11.5. The standard InChI is InChI=1S/C13H30N2O/c1-5-9-15(10-8-12(4)16)13(6-2,7-3)11-14/h12,16H,5-11,14H2,1-4H3. The normalized spacial score (nSPS) is 14.4. The van der Waals surface area contributed by atoms with Crippen LogP contribution < -0.4 is 5.73 Å². The Hall–Kier alpha value is -0.120. The molecule has 0 aromatic heterocycles. The van der Waals surface area contributed by atoms with Crippen molar-refractivity contribution in [1.29, 1.82) is 0 Å². The number of hydrogen-bond acceptors (Lipinski definition) is 3. The Morgan fingerprint density at radius 1 is 1.19 bits per heavy atom. The van der Waals surface area contributed by atoms with Gasteiger partial charge in [-0.25, -0.2) is 0 Å². The highest BCUT2D eigenvalue weighted by molar-refractivity contribution is 4.89. The Kier molecular flexibility index (Phi) is 7.98. The fourth-order valence-corrected chi connectivity index (χ4v) is 2.31.